The van der Waals surface area contributed by atoms with Crippen LogP contribution in [-0.2, 0) is 6.42 Å². The molecular weight excluding hydrogens is 200 g/mol. The number of hydrogen-bond acceptors (Lipinski definition) is 3. The van der Waals surface area contributed by atoms with E-state index in [4.69, 9.17) is 11.6 Å². The molecule has 0 saturated heterocycles. The van der Waals surface area contributed by atoms with Crippen molar-refractivity contribution in [2.24, 2.45) is 0 Å². The molecule has 74 valence electrons. The molecule has 0 radical (unpaired) electrons. The van der Waals surface area contributed by atoms with Crippen LogP contribution in [0.25, 0.3) is 10.9 Å². The van der Waals surface area contributed by atoms with Crippen LogP contribution in [0.1, 0.15) is 12.6 Å². The highest BCUT2D eigenvalue weighted by atomic mass is 35.5. The number of nitrogens with zero attached hydrogens (tertiary/aromatic N) is 2. The molecule has 2 aromatic rings. The lowest BCUT2D eigenvalue weighted by Gasteiger charge is -2.02. The molecule has 2 aromatic heterocycles. The van der Waals surface area contributed by atoms with Crippen molar-refractivity contribution in [3.05, 3.63) is 16.9 Å². The first-order valence-corrected chi connectivity index (χ1v) is 4.85. The number of pyridine rings is 1. The Morgan fingerprint density at radius 1 is 1.57 bits per heavy atom. The molecule has 0 fully saturated rings. The number of aromatic amines is 1. The quantitative estimate of drug-likeness (QED) is 0.748. The molecule has 2 N–H and O–H groups in total. The van der Waals surface area contributed by atoms with Gasteiger partial charge in [0.25, 0.3) is 0 Å². The third kappa shape index (κ3) is 1.32. The summed E-state index contributed by atoms with van der Waals surface area (Å²) in [5.41, 5.74) is 1.93. The van der Waals surface area contributed by atoms with Crippen molar-refractivity contribution in [3.8, 4) is 0 Å². The van der Waals surface area contributed by atoms with Gasteiger partial charge in [-0.1, -0.05) is 18.5 Å². The summed E-state index contributed by atoms with van der Waals surface area (Å²) in [5.74, 6) is 0.776. The third-order valence-electron chi connectivity index (χ3n) is 2.17. The van der Waals surface area contributed by atoms with E-state index in [0.29, 0.717) is 5.15 Å². The molecule has 2 rings (SSSR count). The van der Waals surface area contributed by atoms with Gasteiger partial charge < -0.3 is 5.32 Å². The van der Waals surface area contributed by atoms with Gasteiger partial charge in [-0.25, -0.2) is 4.98 Å². The van der Waals surface area contributed by atoms with Crippen LogP contribution in [0.3, 0.4) is 0 Å². The van der Waals surface area contributed by atoms with E-state index in [-0.39, 0.29) is 0 Å². The second-order valence-corrected chi connectivity index (χ2v) is 3.38. The molecule has 2 heterocycles. The van der Waals surface area contributed by atoms with Gasteiger partial charge in [0.05, 0.1) is 10.9 Å². The number of hydrogen-bond donors (Lipinski definition) is 2. The summed E-state index contributed by atoms with van der Waals surface area (Å²) in [6, 6.07) is 1.76. The van der Waals surface area contributed by atoms with E-state index < -0.39 is 0 Å². The van der Waals surface area contributed by atoms with E-state index in [1.807, 2.05) is 7.05 Å². The maximum atomic E-state index is 5.85. The zero-order valence-corrected chi connectivity index (χ0v) is 8.81. The van der Waals surface area contributed by atoms with Gasteiger partial charge in [-0.2, -0.15) is 5.10 Å². The van der Waals surface area contributed by atoms with Crippen LogP contribution >= 0.6 is 11.6 Å². The van der Waals surface area contributed by atoms with Crippen LogP contribution in [0.5, 0.6) is 0 Å². The van der Waals surface area contributed by atoms with E-state index >= 15 is 0 Å². The summed E-state index contributed by atoms with van der Waals surface area (Å²) in [4.78, 5) is 4.19. The summed E-state index contributed by atoms with van der Waals surface area (Å²) < 4.78 is 0. The standard InChI is InChI=1S/C9H11ClN4/c1-3-5-8-6(14-13-5)4-7(10)12-9(8)11-2/h4H,3H2,1-2H3,(H,11,12)(H,13,14). The molecule has 0 aliphatic heterocycles. The van der Waals surface area contributed by atoms with Crippen molar-refractivity contribution in [1.82, 2.24) is 15.2 Å². The first kappa shape index (κ1) is 9.27. The van der Waals surface area contributed by atoms with Gasteiger partial charge in [0.2, 0.25) is 0 Å². The monoisotopic (exact) mass is 210 g/mol. The Morgan fingerprint density at radius 3 is 3.00 bits per heavy atom. The maximum Gasteiger partial charge on any atom is 0.138 e. The second-order valence-electron chi connectivity index (χ2n) is 2.99. The van der Waals surface area contributed by atoms with E-state index in [2.05, 4.69) is 27.4 Å². The van der Waals surface area contributed by atoms with Gasteiger partial charge in [0, 0.05) is 18.8 Å². The minimum atomic E-state index is 0.455. The SMILES string of the molecule is CCc1[nH]nc2cc(Cl)nc(NC)c12. The van der Waals surface area contributed by atoms with Crippen LogP contribution in [0.4, 0.5) is 5.82 Å². The summed E-state index contributed by atoms with van der Waals surface area (Å²) in [6.45, 7) is 2.07. The molecule has 4 nitrogen and oxygen atoms in total. The van der Waals surface area contributed by atoms with Gasteiger partial charge >= 0.3 is 0 Å². The van der Waals surface area contributed by atoms with Crippen molar-refractivity contribution in [1.29, 1.82) is 0 Å². The predicted molar refractivity (Wildman–Crippen MR) is 57.8 cm³/mol. The lowest BCUT2D eigenvalue weighted by molar-refractivity contribution is 0.988. The lowest BCUT2D eigenvalue weighted by Crippen LogP contribution is -1.94. The molecule has 0 aromatic carbocycles. The van der Waals surface area contributed by atoms with E-state index in [1.54, 1.807) is 6.07 Å². The number of anilines is 1. The number of aromatic nitrogens is 3. The fourth-order valence-corrected chi connectivity index (χ4v) is 1.70. The highest BCUT2D eigenvalue weighted by molar-refractivity contribution is 6.30. The van der Waals surface area contributed by atoms with Crippen molar-refractivity contribution in [3.63, 3.8) is 0 Å². The van der Waals surface area contributed by atoms with Crippen molar-refractivity contribution in [2.75, 3.05) is 12.4 Å². The predicted octanol–water partition coefficient (Wildman–Crippen LogP) is 2.22. The van der Waals surface area contributed by atoms with Gasteiger partial charge in [-0.3, -0.25) is 5.10 Å². The smallest absolute Gasteiger partial charge is 0.138 e. The maximum absolute atomic E-state index is 5.85. The van der Waals surface area contributed by atoms with Crippen molar-refractivity contribution >= 4 is 28.3 Å². The average molecular weight is 211 g/mol. The fourth-order valence-electron chi connectivity index (χ4n) is 1.51. The van der Waals surface area contributed by atoms with Gasteiger partial charge in [-0.15, -0.1) is 0 Å². The Kier molecular flexibility index (Phi) is 2.29. The van der Waals surface area contributed by atoms with Crippen LogP contribution in [0, 0.1) is 0 Å². The Labute approximate surface area is 86.7 Å². The van der Waals surface area contributed by atoms with E-state index in [9.17, 15) is 0 Å². The Hall–Kier alpha value is -1.29. The Bertz CT molecular complexity index is 463. The van der Waals surface area contributed by atoms with Crippen LogP contribution in [0.2, 0.25) is 5.15 Å². The van der Waals surface area contributed by atoms with Crippen LogP contribution in [0.15, 0.2) is 6.07 Å². The molecule has 0 aliphatic carbocycles. The highest BCUT2D eigenvalue weighted by Gasteiger charge is 2.10. The molecule has 0 atom stereocenters. The van der Waals surface area contributed by atoms with Crippen molar-refractivity contribution < 1.29 is 0 Å². The number of aryl methyl sites for hydroxylation is 1. The summed E-state index contributed by atoms with van der Waals surface area (Å²) in [6.07, 6.45) is 0.897. The highest BCUT2D eigenvalue weighted by Crippen LogP contribution is 2.25. The Balaban J connectivity index is 2.78. The van der Waals surface area contributed by atoms with Crippen molar-refractivity contribution in [2.45, 2.75) is 13.3 Å². The molecule has 0 aliphatic rings. The topological polar surface area (TPSA) is 53.6 Å². The van der Waals surface area contributed by atoms with Gasteiger partial charge in [0.1, 0.15) is 11.0 Å². The summed E-state index contributed by atoms with van der Waals surface area (Å²) >= 11 is 5.85. The summed E-state index contributed by atoms with van der Waals surface area (Å²) in [7, 11) is 1.82. The largest absolute Gasteiger partial charge is 0.372 e. The molecular formula is C9H11ClN4. The van der Waals surface area contributed by atoms with Gasteiger partial charge in [-0.05, 0) is 6.42 Å². The zero-order valence-electron chi connectivity index (χ0n) is 8.06. The first-order chi connectivity index (χ1) is 6.76. The van der Waals surface area contributed by atoms with E-state index in [0.717, 1.165) is 28.8 Å². The number of halogens is 1. The molecule has 0 bridgehead atoms. The zero-order chi connectivity index (χ0) is 10.1. The molecule has 0 unspecified atom stereocenters. The number of nitrogens with one attached hydrogen (secondary N) is 2. The summed E-state index contributed by atoms with van der Waals surface area (Å²) in [5, 5.41) is 11.6. The van der Waals surface area contributed by atoms with Gasteiger partial charge in [0.15, 0.2) is 0 Å². The van der Waals surface area contributed by atoms with Crippen LogP contribution < -0.4 is 5.32 Å². The molecule has 0 saturated carbocycles. The minimum absolute atomic E-state index is 0.455. The fraction of sp³-hybridized carbons (Fsp3) is 0.333. The second kappa shape index (κ2) is 3.46. The minimum Gasteiger partial charge on any atom is -0.372 e. The molecule has 0 amide bonds. The van der Waals surface area contributed by atoms with Crippen LogP contribution in [-0.4, -0.2) is 22.2 Å². The molecule has 5 heteroatoms. The Morgan fingerprint density at radius 2 is 2.36 bits per heavy atom. The normalized spacial score (nSPS) is 10.8. The third-order valence-corrected chi connectivity index (χ3v) is 2.36. The first-order valence-electron chi connectivity index (χ1n) is 4.47. The lowest BCUT2D eigenvalue weighted by atomic mass is 10.2. The average Bonchev–Trinajstić information content (AvgIpc) is 2.59. The number of fused-ring (bicyclic) bond motifs is 1. The van der Waals surface area contributed by atoms with E-state index in [1.165, 1.54) is 0 Å². The molecule has 14 heavy (non-hydrogen) atoms. The number of rotatable bonds is 2. The molecule has 0 spiro atoms. The number of H-pyrrole nitrogens is 1.